The van der Waals surface area contributed by atoms with Crippen LogP contribution in [0.3, 0.4) is 0 Å². The number of aryl methyl sites for hydroxylation is 6. The molecule has 0 spiro atoms. The van der Waals surface area contributed by atoms with Crippen LogP contribution in [0.4, 0.5) is 0 Å². The topological polar surface area (TPSA) is 378 Å². The van der Waals surface area contributed by atoms with Gasteiger partial charge in [-0.3, -0.25) is 62.4 Å². The number of fused-ring (bicyclic) bond motifs is 16. The van der Waals surface area contributed by atoms with Gasteiger partial charge in [-0.25, -0.2) is 0 Å². The van der Waals surface area contributed by atoms with Crippen LogP contribution in [0.5, 0.6) is 34.5 Å². The van der Waals surface area contributed by atoms with E-state index in [9.17, 15) is 88.2 Å². The first-order chi connectivity index (χ1) is 51.5. The number of piperidine rings is 3. The highest BCUT2D eigenvalue weighted by Crippen LogP contribution is 2.52. The number of hydrogen-bond acceptors (Lipinski definition) is 19. The first kappa shape index (κ1) is 72.8. The maximum absolute atomic E-state index is 12.6. The van der Waals surface area contributed by atoms with Gasteiger partial charge < -0.3 is 87.4 Å². The van der Waals surface area contributed by atoms with E-state index >= 15 is 0 Å². The van der Waals surface area contributed by atoms with E-state index in [1.807, 2.05) is 9.80 Å². The van der Waals surface area contributed by atoms with Crippen LogP contribution >= 0.6 is 0 Å². The van der Waals surface area contributed by atoms with Gasteiger partial charge in [-0.15, -0.1) is 0 Å². The van der Waals surface area contributed by atoms with Crippen molar-refractivity contribution in [2.75, 3.05) is 45.8 Å². The summed E-state index contributed by atoms with van der Waals surface area (Å²) in [6.07, 6.45) is 23.9. The van der Waals surface area contributed by atoms with Crippen molar-refractivity contribution in [3.63, 3.8) is 0 Å². The van der Waals surface area contributed by atoms with Gasteiger partial charge in [-0.05, 0) is 137 Å². The molecule has 1 saturated carbocycles. The van der Waals surface area contributed by atoms with Crippen molar-refractivity contribution in [1.82, 2.24) is 61.7 Å². The molecule has 108 heavy (non-hydrogen) atoms. The van der Waals surface area contributed by atoms with Gasteiger partial charge in [0.2, 0.25) is 32.6 Å². The predicted octanol–water partition coefficient (Wildman–Crippen LogP) is 3.16. The lowest BCUT2D eigenvalue weighted by Gasteiger charge is -2.40. The van der Waals surface area contributed by atoms with Crippen LogP contribution in [0.15, 0.2) is 65.9 Å². The Hall–Kier alpha value is -10.7. The molecule has 6 aromatic heterocycles. The SMILES string of the molecule is Cc1cn2c(c(O)c1=O)C(=O)N1CCCC[C@@H]1C2.Cc1cn2c(c(O)c1=O)C(=O)N1CCCC[C@H]1C2.Cc1cn2c(c(O)c1=O)C(=O)N1CCC[C@@H]1C2.Cc1cn2c(c(O)c1=O)C(=O)N1CCC[C@H]1C2.Cc1cn2c(c(O)c1=O)C(=O)N1C[C@H]3CCCN3[C@@H]1C2.Cc1cn2c(c(O)c1=O)C(=O)N1C[C@H]3C[C@H]3[C@H]1C2. The summed E-state index contributed by atoms with van der Waals surface area (Å²) >= 11 is 0. The van der Waals surface area contributed by atoms with Crippen molar-refractivity contribution in [3.8, 4) is 34.5 Å². The molecule has 20 rings (SSSR count). The number of hydrogen-bond donors (Lipinski definition) is 6. The van der Waals surface area contributed by atoms with Gasteiger partial charge in [-0.2, -0.15) is 0 Å². The van der Waals surface area contributed by atoms with E-state index in [2.05, 4.69) is 4.90 Å². The fourth-order valence-electron chi connectivity index (χ4n) is 19.0. The summed E-state index contributed by atoms with van der Waals surface area (Å²) < 4.78 is 10.4. The Morgan fingerprint density at radius 2 is 0.546 bits per heavy atom. The van der Waals surface area contributed by atoms with E-state index in [0.717, 1.165) is 110 Å². The monoisotopic (exact) mass is 1490 g/mol. The van der Waals surface area contributed by atoms with Gasteiger partial charge in [0.1, 0.15) is 6.17 Å². The summed E-state index contributed by atoms with van der Waals surface area (Å²) in [5, 5.41) is 59.4. The minimum Gasteiger partial charge on any atom is -0.503 e. The highest BCUT2D eigenvalue weighted by Gasteiger charge is 2.56. The highest BCUT2D eigenvalue weighted by atomic mass is 16.3. The smallest absolute Gasteiger partial charge is 0.275 e. The Labute approximate surface area is 618 Å². The van der Waals surface area contributed by atoms with Gasteiger partial charge in [0, 0.05) is 167 Å². The number of carbonyl (C=O) groups is 6. The number of aromatic nitrogens is 6. The summed E-state index contributed by atoms with van der Waals surface area (Å²) in [7, 11) is 0. The fourth-order valence-corrected chi connectivity index (χ4v) is 19.0. The van der Waals surface area contributed by atoms with E-state index in [4.69, 9.17) is 0 Å². The van der Waals surface area contributed by atoms with E-state index < -0.39 is 61.3 Å². The van der Waals surface area contributed by atoms with Gasteiger partial charge in [0.05, 0.1) is 24.7 Å². The Morgan fingerprint density at radius 3 is 0.889 bits per heavy atom. The van der Waals surface area contributed by atoms with Crippen molar-refractivity contribution in [2.24, 2.45) is 11.8 Å². The fraction of sp³-hybridized carbons (Fsp3) is 0.532. The molecule has 6 N–H and O–H groups in total. The average molecular weight is 1490 g/mol. The lowest BCUT2D eigenvalue weighted by atomic mass is 9.98. The number of aromatic hydroxyl groups is 6. The second kappa shape index (κ2) is 27.8. The largest absolute Gasteiger partial charge is 0.503 e. The third-order valence-corrected chi connectivity index (χ3v) is 24.6. The Bertz CT molecular complexity index is 4970. The van der Waals surface area contributed by atoms with Gasteiger partial charge >= 0.3 is 0 Å². The van der Waals surface area contributed by atoms with Crippen molar-refractivity contribution in [1.29, 1.82) is 0 Å². The molecule has 6 aromatic rings. The highest BCUT2D eigenvalue weighted by molar-refractivity contribution is 5.99. The van der Waals surface area contributed by atoms with Crippen LogP contribution in [0, 0.1) is 53.4 Å². The normalized spacial score (nSPS) is 25.2. The number of rotatable bonds is 0. The molecule has 0 bridgehead atoms. The Balaban J connectivity index is 0.000000103. The standard InChI is InChI=1S/C14H17N3O3.C13H14N2O3.2C13H16N2O3.2C12H14N2O3/c1-8-5-15-7-10-16-4-2-3-9(16)6-17(10)14(20)11(15)13(19)12(8)18;1-6-3-14-5-9-8-2-7(8)4-15(9)13(18)10(14)12(17)11(6)16;2*1-8-6-14-7-9-4-2-3-5-15(9)13(18)10(14)12(17)11(8)16;2*1-7-5-13-6-8-3-2-4-14(8)12(17)9(13)11(16)10(7)15/h5,9-10,19H,2-4,6-7H2,1H3;3,7-9,17H,2,4-5H2,1H3;2*6,9,17H,2-5,7H2,1H3;2*5,8,16H,2-4,6H2,1H3/t9-,10+;7-,8-,9-;2*9-;2*8-/m111010/s1. The minimum absolute atomic E-state index is 0.0730. The molecule has 13 aliphatic heterocycles. The second-order valence-electron chi connectivity index (χ2n) is 31.5. The average Bonchev–Trinajstić information content (AvgIpc) is 1.53. The van der Waals surface area contributed by atoms with Crippen LogP contribution in [0.25, 0.3) is 0 Å². The van der Waals surface area contributed by atoms with Crippen LogP contribution in [0.2, 0.25) is 0 Å². The predicted molar refractivity (Wildman–Crippen MR) is 389 cm³/mol. The van der Waals surface area contributed by atoms with Gasteiger partial charge in [-0.1, -0.05) is 0 Å². The second-order valence-corrected chi connectivity index (χ2v) is 31.5. The van der Waals surface area contributed by atoms with E-state index in [0.29, 0.717) is 97.1 Å². The van der Waals surface area contributed by atoms with Crippen LogP contribution in [-0.2, 0) is 39.3 Å². The molecular formula is C77H91N13O18. The molecule has 9 atom stereocenters. The van der Waals surface area contributed by atoms with E-state index in [1.165, 1.54) is 12.8 Å². The van der Waals surface area contributed by atoms with E-state index in [-0.39, 0.29) is 112 Å². The van der Waals surface area contributed by atoms with Crippen LogP contribution < -0.4 is 32.6 Å². The molecule has 31 nitrogen and oxygen atoms in total. The number of nitrogens with zero attached hydrogens (tertiary/aromatic N) is 13. The summed E-state index contributed by atoms with van der Waals surface area (Å²) in [6, 6.07) is 1.55. The Kier molecular flexibility index (Phi) is 18.8. The van der Waals surface area contributed by atoms with Gasteiger partial charge in [0.25, 0.3) is 35.4 Å². The van der Waals surface area contributed by atoms with Crippen LogP contribution in [0.1, 0.15) is 180 Å². The summed E-state index contributed by atoms with van der Waals surface area (Å²) in [4.78, 5) is 157. The maximum Gasteiger partial charge on any atom is 0.275 e. The maximum atomic E-state index is 12.6. The molecule has 8 fully saturated rings. The first-order valence-corrected chi connectivity index (χ1v) is 37.7. The number of carbonyl (C=O) groups excluding carboxylic acids is 6. The summed E-state index contributed by atoms with van der Waals surface area (Å²) in [5.74, 6) is -2.37. The van der Waals surface area contributed by atoms with Crippen LogP contribution in [-0.4, -0.2) is 216 Å². The lowest BCUT2D eigenvalue weighted by molar-refractivity contribution is 0.0498. The first-order valence-electron chi connectivity index (χ1n) is 37.7. The summed E-state index contributed by atoms with van der Waals surface area (Å²) in [6.45, 7) is 19.4. The zero-order valence-corrected chi connectivity index (χ0v) is 61.4. The summed E-state index contributed by atoms with van der Waals surface area (Å²) in [5.41, 5.74) is 1.18. The minimum atomic E-state index is -0.442. The molecule has 0 radical (unpaired) electrons. The molecule has 0 unspecified atom stereocenters. The van der Waals surface area contributed by atoms with E-state index in [1.54, 1.807) is 126 Å². The molecule has 1 aliphatic carbocycles. The molecule has 572 valence electrons. The molecular weight excluding hydrogens is 1390 g/mol. The molecule has 14 aliphatic rings. The number of pyridine rings is 6. The van der Waals surface area contributed by atoms with Crippen molar-refractivity contribution in [2.45, 2.75) is 207 Å². The third-order valence-electron chi connectivity index (χ3n) is 24.6. The number of amides is 6. The quantitative estimate of drug-likeness (QED) is 0.127. The van der Waals surface area contributed by atoms with Crippen molar-refractivity contribution >= 4 is 35.4 Å². The molecule has 19 heterocycles. The molecule has 6 amide bonds. The zero-order chi connectivity index (χ0) is 76.6. The van der Waals surface area contributed by atoms with Gasteiger partial charge in [0.15, 0.2) is 68.7 Å². The zero-order valence-electron chi connectivity index (χ0n) is 61.4. The van der Waals surface area contributed by atoms with Crippen molar-refractivity contribution < 1.29 is 59.4 Å². The Morgan fingerprint density at radius 1 is 0.278 bits per heavy atom. The molecule has 0 aromatic carbocycles. The molecule has 7 saturated heterocycles. The lowest BCUT2D eigenvalue weighted by Crippen LogP contribution is -2.51. The third kappa shape index (κ3) is 12.2. The molecule has 31 heteroatoms. The van der Waals surface area contributed by atoms with Crippen molar-refractivity contribution in [3.05, 3.63) is 166 Å².